The molecular formula is C37H39BrF3N3O. The number of likely N-dealkylation sites (tertiary alicyclic amines) is 1. The Kier molecular flexibility index (Phi) is 9.16. The summed E-state index contributed by atoms with van der Waals surface area (Å²) in [5, 5.41) is 3.81. The molecule has 0 bridgehead atoms. The van der Waals surface area contributed by atoms with Crippen molar-refractivity contribution in [2.24, 2.45) is 0 Å². The van der Waals surface area contributed by atoms with Gasteiger partial charge in [-0.3, -0.25) is 4.90 Å². The van der Waals surface area contributed by atoms with E-state index >= 15 is 0 Å². The second kappa shape index (κ2) is 13.1. The van der Waals surface area contributed by atoms with Crippen LogP contribution in [0.4, 0.5) is 24.5 Å². The maximum absolute atomic E-state index is 13.8. The third-order valence-electron chi connectivity index (χ3n) is 9.17. The molecule has 0 saturated carbocycles. The van der Waals surface area contributed by atoms with E-state index in [0.717, 1.165) is 69.6 Å². The lowest BCUT2D eigenvalue weighted by atomic mass is 9.88. The van der Waals surface area contributed by atoms with Crippen LogP contribution in [0.5, 0.6) is 5.75 Å². The molecule has 2 aliphatic rings. The van der Waals surface area contributed by atoms with E-state index in [1.165, 1.54) is 31.4 Å². The van der Waals surface area contributed by atoms with Crippen LogP contribution in [0.3, 0.4) is 0 Å². The van der Waals surface area contributed by atoms with Gasteiger partial charge >= 0.3 is 6.18 Å². The number of halogens is 4. The summed E-state index contributed by atoms with van der Waals surface area (Å²) in [5.74, 6) is 0.777. The summed E-state index contributed by atoms with van der Waals surface area (Å²) in [6.07, 6.45) is -0.346. The molecule has 4 nitrogen and oxygen atoms in total. The summed E-state index contributed by atoms with van der Waals surface area (Å²) in [6.45, 7) is 8.38. The Morgan fingerprint density at radius 3 is 2.42 bits per heavy atom. The van der Waals surface area contributed by atoms with E-state index < -0.39 is 17.4 Å². The second-order valence-corrected chi connectivity index (χ2v) is 13.1. The number of fused-ring (bicyclic) bond motifs is 1. The number of rotatable bonds is 9. The Morgan fingerprint density at radius 1 is 0.867 bits per heavy atom. The number of piperidine rings is 1. The van der Waals surface area contributed by atoms with E-state index in [9.17, 15) is 13.2 Å². The van der Waals surface area contributed by atoms with Crippen molar-refractivity contribution in [3.8, 4) is 5.75 Å². The SMILES string of the molecule is Cc1ccc(C2(Cc3cccc(C(F)(F)F)c3)Nc3ccc(OCCN4CCCCC4)cc3N2Cc2ccccc2Br)cc1C. The fraction of sp³-hybridized carbons (Fsp3) is 0.351. The predicted octanol–water partition coefficient (Wildman–Crippen LogP) is 9.48. The quantitative estimate of drug-likeness (QED) is 0.191. The van der Waals surface area contributed by atoms with Crippen molar-refractivity contribution in [3.63, 3.8) is 0 Å². The van der Waals surface area contributed by atoms with Crippen molar-refractivity contribution in [1.82, 2.24) is 4.90 Å². The Bertz CT molecular complexity index is 1650. The topological polar surface area (TPSA) is 27.7 Å². The van der Waals surface area contributed by atoms with Crippen LogP contribution in [0, 0.1) is 13.8 Å². The fourth-order valence-electron chi connectivity index (χ4n) is 6.54. The molecule has 2 aliphatic heterocycles. The zero-order valence-corrected chi connectivity index (χ0v) is 27.3. The van der Waals surface area contributed by atoms with E-state index in [0.29, 0.717) is 25.1 Å². The van der Waals surface area contributed by atoms with Crippen LogP contribution < -0.4 is 15.0 Å². The van der Waals surface area contributed by atoms with Gasteiger partial charge in [-0.05, 0) is 91.9 Å². The summed E-state index contributed by atoms with van der Waals surface area (Å²) in [5.41, 5.74) is 5.28. The largest absolute Gasteiger partial charge is 0.492 e. The normalized spacial score (nSPS) is 18.5. The first-order chi connectivity index (χ1) is 21.6. The molecule has 0 amide bonds. The zero-order chi connectivity index (χ0) is 31.6. The van der Waals surface area contributed by atoms with Crippen LogP contribution >= 0.6 is 15.9 Å². The standard InChI is InChI=1S/C37H39BrF3N3O/c1-26-13-14-30(21-27(26)2)36(24-28-9-8-11-31(22-28)37(39,40)41)42-34-16-15-32(45-20-19-43-17-6-3-7-18-43)23-35(34)44(36)25-29-10-4-5-12-33(29)38/h4-5,8-16,21-23,42H,3,6-7,17-20,24-25H2,1-2H3. The molecule has 0 aliphatic carbocycles. The molecule has 2 heterocycles. The van der Waals surface area contributed by atoms with Crippen LogP contribution in [0.15, 0.2) is 89.4 Å². The molecule has 1 saturated heterocycles. The molecule has 236 valence electrons. The van der Waals surface area contributed by atoms with Gasteiger partial charge in [0.2, 0.25) is 0 Å². The smallest absolute Gasteiger partial charge is 0.416 e. The molecule has 4 aromatic carbocycles. The Hall–Kier alpha value is -3.49. The number of anilines is 2. The molecule has 0 radical (unpaired) electrons. The van der Waals surface area contributed by atoms with Gasteiger partial charge in [-0.25, -0.2) is 0 Å². The van der Waals surface area contributed by atoms with Gasteiger partial charge in [0, 0.05) is 30.0 Å². The maximum Gasteiger partial charge on any atom is 0.416 e. The second-order valence-electron chi connectivity index (χ2n) is 12.3. The maximum atomic E-state index is 13.8. The first-order valence-corrected chi connectivity index (χ1v) is 16.4. The highest BCUT2D eigenvalue weighted by molar-refractivity contribution is 9.10. The summed E-state index contributed by atoms with van der Waals surface area (Å²) < 4.78 is 48.8. The fourth-order valence-corrected chi connectivity index (χ4v) is 6.95. The summed E-state index contributed by atoms with van der Waals surface area (Å²) in [6, 6.07) is 26.2. The third kappa shape index (κ3) is 6.87. The lowest BCUT2D eigenvalue weighted by Gasteiger charge is -2.41. The van der Waals surface area contributed by atoms with Crippen molar-refractivity contribution in [2.45, 2.75) is 57.9 Å². The molecule has 1 fully saturated rings. The molecule has 1 atom stereocenters. The van der Waals surface area contributed by atoms with Crippen LogP contribution in [0.1, 0.15) is 52.6 Å². The number of hydrogen-bond donors (Lipinski definition) is 1. The van der Waals surface area contributed by atoms with Gasteiger partial charge in [0.15, 0.2) is 0 Å². The minimum absolute atomic E-state index is 0.309. The first-order valence-electron chi connectivity index (χ1n) is 15.6. The number of aryl methyl sites for hydroxylation is 2. The van der Waals surface area contributed by atoms with E-state index in [4.69, 9.17) is 4.74 Å². The van der Waals surface area contributed by atoms with Crippen LogP contribution in [-0.2, 0) is 24.8 Å². The zero-order valence-electron chi connectivity index (χ0n) is 25.8. The number of hydrogen-bond acceptors (Lipinski definition) is 4. The van der Waals surface area contributed by atoms with E-state index in [1.54, 1.807) is 6.07 Å². The number of nitrogens with zero attached hydrogens (tertiary/aromatic N) is 2. The van der Waals surface area contributed by atoms with E-state index in [-0.39, 0.29) is 0 Å². The van der Waals surface area contributed by atoms with Crippen LogP contribution in [0.2, 0.25) is 0 Å². The van der Waals surface area contributed by atoms with Gasteiger partial charge in [-0.15, -0.1) is 0 Å². The molecule has 8 heteroatoms. The van der Waals surface area contributed by atoms with Gasteiger partial charge in [0.25, 0.3) is 0 Å². The van der Waals surface area contributed by atoms with Gasteiger partial charge in [-0.1, -0.05) is 76.9 Å². The molecule has 6 rings (SSSR count). The first kappa shape index (κ1) is 31.5. The summed E-state index contributed by atoms with van der Waals surface area (Å²) in [4.78, 5) is 4.75. The van der Waals surface area contributed by atoms with Gasteiger partial charge in [-0.2, -0.15) is 13.2 Å². The van der Waals surface area contributed by atoms with Crippen molar-refractivity contribution in [3.05, 3.63) is 123 Å². The van der Waals surface area contributed by atoms with E-state index in [1.807, 2.05) is 30.3 Å². The summed E-state index contributed by atoms with van der Waals surface area (Å²) >= 11 is 3.74. The van der Waals surface area contributed by atoms with Crippen molar-refractivity contribution < 1.29 is 17.9 Å². The number of ether oxygens (including phenoxy) is 1. The highest BCUT2D eigenvalue weighted by Crippen LogP contribution is 2.50. The number of alkyl halides is 3. The average molecular weight is 679 g/mol. The molecule has 1 N–H and O–H groups in total. The van der Waals surface area contributed by atoms with Gasteiger partial charge < -0.3 is 15.0 Å². The Morgan fingerprint density at radius 2 is 1.67 bits per heavy atom. The molecule has 0 aromatic heterocycles. The lowest BCUT2D eigenvalue weighted by molar-refractivity contribution is -0.137. The van der Waals surface area contributed by atoms with Crippen LogP contribution in [-0.4, -0.2) is 31.1 Å². The monoisotopic (exact) mass is 677 g/mol. The lowest BCUT2D eigenvalue weighted by Crippen LogP contribution is -2.49. The average Bonchev–Trinajstić information content (AvgIpc) is 3.32. The van der Waals surface area contributed by atoms with Crippen molar-refractivity contribution >= 4 is 27.3 Å². The van der Waals surface area contributed by atoms with E-state index in [2.05, 4.69) is 75.2 Å². The highest BCUT2D eigenvalue weighted by atomic mass is 79.9. The molecule has 1 unspecified atom stereocenters. The third-order valence-corrected chi connectivity index (χ3v) is 9.95. The summed E-state index contributed by atoms with van der Waals surface area (Å²) in [7, 11) is 0. The Balaban J connectivity index is 1.43. The minimum atomic E-state index is -4.43. The highest BCUT2D eigenvalue weighted by Gasteiger charge is 2.46. The number of benzene rings is 4. The van der Waals surface area contributed by atoms with Gasteiger partial charge in [0.05, 0.1) is 16.9 Å². The minimum Gasteiger partial charge on any atom is -0.492 e. The predicted molar refractivity (Wildman–Crippen MR) is 179 cm³/mol. The molecule has 0 spiro atoms. The van der Waals surface area contributed by atoms with Gasteiger partial charge in [0.1, 0.15) is 18.0 Å². The Labute approximate surface area is 272 Å². The number of nitrogens with one attached hydrogen (secondary N) is 1. The van der Waals surface area contributed by atoms with Crippen LogP contribution in [0.25, 0.3) is 0 Å². The molecular weight excluding hydrogens is 639 g/mol. The van der Waals surface area contributed by atoms with Crippen molar-refractivity contribution in [1.29, 1.82) is 0 Å². The molecule has 45 heavy (non-hydrogen) atoms. The molecule has 4 aromatic rings. The van der Waals surface area contributed by atoms with Crippen molar-refractivity contribution in [2.75, 3.05) is 36.5 Å².